The molecule has 2 rings (SSSR count). The van der Waals surface area contributed by atoms with Crippen LogP contribution >= 0.6 is 15.9 Å². The quantitative estimate of drug-likeness (QED) is 0.796. The van der Waals surface area contributed by atoms with Gasteiger partial charge < -0.3 is 10.6 Å². The molecule has 2 aromatic rings. The number of hydrogen-bond acceptors (Lipinski definition) is 1. The number of aryl methyl sites for hydroxylation is 3. The highest BCUT2D eigenvalue weighted by Gasteiger charge is 2.08. The molecule has 2 N–H and O–H groups in total. The molecule has 0 bridgehead atoms. The normalized spacial score (nSPS) is 10.2. The Kier molecular flexibility index (Phi) is 4.45. The van der Waals surface area contributed by atoms with Gasteiger partial charge in [-0.25, -0.2) is 4.79 Å². The fraction of sp³-hybridized carbons (Fsp3) is 0.188. The van der Waals surface area contributed by atoms with Gasteiger partial charge in [0, 0.05) is 15.8 Å². The number of hydrogen-bond donors (Lipinski definition) is 2. The van der Waals surface area contributed by atoms with Crippen molar-refractivity contribution >= 4 is 33.3 Å². The van der Waals surface area contributed by atoms with Crippen LogP contribution in [0.3, 0.4) is 0 Å². The van der Waals surface area contributed by atoms with E-state index < -0.39 is 0 Å². The van der Waals surface area contributed by atoms with Crippen LogP contribution in [-0.2, 0) is 0 Å². The van der Waals surface area contributed by atoms with Crippen molar-refractivity contribution in [3.05, 3.63) is 57.6 Å². The monoisotopic (exact) mass is 332 g/mol. The maximum Gasteiger partial charge on any atom is 0.323 e. The Morgan fingerprint density at radius 2 is 1.65 bits per heavy atom. The van der Waals surface area contributed by atoms with Crippen LogP contribution in [0.15, 0.2) is 40.9 Å². The molecule has 3 nitrogen and oxygen atoms in total. The molecule has 20 heavy (non-hydrogen) atoms. The second-order valence-corrected chi connectivity index (χ2v) is 5.78. The number of nitrogens with one attached hydrogen (secondary N) is 2. The summed E-state index contributed by atoms with van der Waals surface area (Å²) in [4.78, 5) is 12.0. The highest BCUT2D eigenvalue weighted by Crippen LogP contribution is 2.22. The number of carbonyl (C=O) groups excluding carboxylic acids is 1. The molecule has 2 aromatic carbocycles. The smallest absolute Gasteiger partial charge is 0.308 e. The van der Waals surface area contributed by atoms with Gasteiger partial charge >= 0.3 is 6.03 Å². The van der Waals surface area contributed by atoms with Crippen LogP contribution in [0, 0.1) is 20.8 Å². The van der Waals surface area contributed by atoms with Crippen LogP contribution < -0.4 is 10.6 Å². The summed E-state index contributed by atoms with van der Waals surface area (Å²) in [5, 5.41) is 5.73. The summed E-state index contributed by atoms with van der Waals surface area (Å²) in [6.45, 7) is 6.04. The third-order valence-corrected chi connectivity index (χ3v) is 3.49. The molecule has 0 spiro atoms. The summed E-state index contributed by atoms with van der Waals surface area (Å²) in [7, 11) is 0. The molecule has 0 saturated carbocycles. The standard InChI is InChI=1S/C16H17BrN2O/c1-10-7-11(2)15(12(3)8-10)19-16(20)18-14-6-4-5-13(17)9-14/h4-9H,1-3H3,(H2,18,19,20). The fourth-order valence-corrected chi connectivity index (χ4v) is 2.62. The molecule has 104 valence electrons. The minimum atomic E-state index is -0.238. The maximum atomic E-state index is 12.0. The van der Waals surface area contributed by atoms with Gasteiger partial charge in [0.15, 0.2) is 0 Å². The Morgan fingerprint density at radius 3 is 2.25 bits per heavy atom. The number of rotatable bonds is 2. The Bertz CT molecular complexity index is 630. The molecular formula is C16H17BrN2O. The number of benzene rings is 2. The molecule has 4 heteroatoms. The molecule has 0 unspecified atom stereocenters. The molecule has 0 aliphatic heterocycles. The van der Waals surface area contributed by atoms with E-state index in [4.69, 9.17) is 0 Å². The maximum absolute atomic E-state index is 12.0. The van der Waals surface area contributed by atoms with Crippen molar-refractivity contribution in [1.29, 1.82) is 0 Å². The van der Waals surface area contributed by atoms with Gasteiger partial charge in [0.1, 0.15) is 0 Å². The van der Waals surface area contributed by atoms with Gasteiger partial charge in [-0.1, -0.05) is 39.7 Å². The molecule has 0 atom stereocenters. The van der Waals surface area contributed by atoms with Crippen molar-refractivity contribution in [2.45, 2.75) is 20.8 Å². The first-order valence-electron chi connectivity index (χ1n) is 6.37. The van der Waals surface area contributed by atoms with E-state index in [0.29, 0.717) is 0 Å². The number of halogens is 1. The van der Waals surface area contributed by atoms with Gasteiger partial charge in [0.05, 0.1) is 0 Å². The Hall–Kier alpha value is -1.81. The highest BCUT2D eigenvalue weighted by atomic mass is 79.9. The Labute approximate surface area is 127 Å². The summed E-state index contributed by atoms with van der Waals surface area (Å²) in [5.74, 6) is 0. The predicted molar refractivity (Wildman–Crippen MR) is 87.4 cm³/mol. The first-order valence-corrected chi connectivity index (χ1v) is 7.16. The SMILES string of the molecule is Cc1cc(C)c(NC(=O)Nc2cccc(Br)c2)c(C)c1. The van der Waals surface area contributed by atoms with E-state index in [1.165, 1.54) is 5.56 Å². The summed E-state index contributed by atoms with van der Waals surface area (Å²) in [5.41, 5.74) is 4.93. The molecule has 0 aliphatic rings. The van der Waals surface area contributed by atoms with E-state index in [2.05, 4.69) is 38.7 Å². The second kappa shape index (κ2) is 6.09. The average Bonchev–Trinajstić information content (AvgIpc) is 2.33. The molecular weight excluding hydrogens is 316 g/mol. The van der Waals surface area contributed by atoms with Crippen molar-refractivity contribution < 1.29 is 4.79 Å². The number of carbonyl (C=O) groups is 1. The molecule has 0 saturated heterocycles. The largest absolute Gasteiger partial charge is 0.323 e. The lowest BCUT2D eigenvalue weighted by Gasteiger charge is -2.13. The van der Waals surface area contributed by atoms with E-state index in [1.54, 1.807) is 0 Å². The van der Waals surface area contributed by atoms with E-state index >= 15 is 0 Å². The summed E-state index contributed by atoms with van der Waals surface area (Å²) < 4.78 is 0.929. The van der Waals surface area contributed by atoms with Crippen molar-refractivity contribution in [2.75, 3.05) is 10.6 Å². The summed E-state index contributed by atoms with van der Waals surface area (Å²) >= 11 is 3.38. The molecule has 0 aromatic heterocycles. The minimum Gasteiger partial charge on any atom is -0.308 e. The van der Waals surface area contributed by atoms with Crippen LogP contribution in [0.2, 0.25) is 0 Å². The molecule has 2 amide bonds. The molecule has 0 radical (unpaired) electrons. The molecule has 0 aliphatic carbocycles. The minimum absolute atomic E-state index is 0.238. The van der Waals surface area contributed by atoms with Crippen molar-refractivity contribution in [2.24, 2.45) is 0 Å². The van der Waals surface area contributed by atoms with E-state index in [9.17, 15) is 4.79 Å². The first-order chi connectivity index (χ1) is 9.45. The third kappa shape index (κ3) is 3.61. The van der Waals surface area contributed by atoms with Crippen LogP contribution in [0.5, 0.6) is 0 Å². The van der Waals surface area contributed by atoms with Crippen LogP contribution in [0.4, 0.5) is 16.2 Å². The Morgan fingerprint density at radius 1 is 1.00 bits per heavy atom. The molecule has 0 fully saturated rings. The highest BCUT2D eigenvalue weighted by molar-refractivity contribution is 9.10. The van der Waals surface area contributed by atoms with Gasteiger partial charge in [-0.05, 0) is 50.1 Å². The zero-order chi connectivity index (χ0) is 14.7. The van der Waals surface area contributed by atoms with E-state index in [-0.39, 0.29) is 6.03 Å². The summed E-state index contributed by atoms with van der Waals surface area (Å²) in [6, 6.07) is 11.4. The number of amides is 2. The lowest BCUT2D eigenvalue weighted by atomic mass is 10.1. The van der Waals surface area contributed by atoms with Gasteiger partial charge in [0.2, 0.25) is 0 Å². The third-order valence-electron chi connectivity index (χ3n) is 3.00. The van der Waals surface area contributed by atoms with Gasteiger partial charge in [-0.3, -0.25) is 0 Å². The Balaban J connectivity index is 2.13. The fourth-order valence-electron chi connectivity index (χ4n) is 2.22. The van der Waals surface area contributed by atoms with Gasteiger partial charge in [0.25, 0.3) is 0 Å². The van der Waals surface area contributed by atoms with E-state index in [1.807, 2.05) is 45.0 Å². The van der Waals surface area contributed by atoms with Crippen LogP contribution in [0.25, 0.3) is 0 Å². The summed E-state index contributed by atoms with van der Waals surface area (Å²) in [6.07, 6.45) is 0. The second-order valence-electron chi connectivity index (χ2n) is 4.86. The van der Waals surface area contributed by atoms with Crippen molar-refractivity contribution in [3.63, 3.8) is 0 Å². The van der Waals surface area contributed by atoms with Crippen LogP contribution in [0.1, 0.15) is 16.7 Å². The van der Waals surface area contributed by atoms with Gasteiger partial charge in [-0.15, -0.1) is 0 Å². The number of anilines is 2. The van der Waals surface area contributed by atoms with Crippen molar-refractivity contribution in [1.82, 2.24) is 0 Å². The van der Waals surface area contributed by atoms with E-state index in [0.717, 1.165) is 27.0 Å². The van der Waals surface area contributed by atoms with Crippen molar-refractivity contribution in [3.8, 4) is 0 Å². The topological polar surface area (TPSA) is 41.1 Å². The first kappa shape index (κ1) is 14.6. The predicted octanol–water partition coefficient (Wildman–Crippen LogP) is 5.02. The lowest BCUT2D eigenvalue weighted by Crippen LogP contribution is -2.20. The van der Waals surface area contributed by atoms with Gasteiger partial charge in [-0.2, -0.15) is 0 Å². The zero-order valence-corrected chi connectivity index (χ0v) is 13.3. The van der Waals surface area contributed by atoms with Crippen LogP contribution in [-0.4, -0.2) is 6.03 Å². The zero-order valence-electron chi connectivity index (χ0n) is 11.8. The number of urea groups is 1. The average molecular weight is 333 g/mol. The molecule has 0 heterocycles. The lowest BCUT2D eigenvalue weighted by molar-refractivity contribution is 0.262.